The van der Waals surface area contributed by atoms with E-state index in [1.807, 2.05) is 24.3 Å². The standard InChI is InChI=1S/C31H35N3O3S/c1-5-31(3,4)19-11-13-25-22(15-19)28(21-8-6-7-9-24(21)33-25)30(36)37-17-27(35)34-29-23(16-32)20-12-10-18(2)14-26(20)38-29/h6-9,18-19H,5,10-15,17H2,1-4H3,(H,34,35). The Morgan fingerprint density at radius 1 is 1.18 bits per heavy atom. The van der Waals surface area contributed by atoms with Crippen LogP contribution in [0.2, 0.25) is 0 Å². The van der Waals surface area contributed by atoms with Gasteiger partial charge in [-0.05, 0) is 73.0 Å². The Morgan fingerprint density at radius 2 is 1.97 bits per heavy atom. The monoisotopic (exact) mass is 529 g/mol. The van der Waals surface area contributed by atoms with Gasteiger partial charge in [-0.2, -0.15) is 5.26 Å². The van der Waals surface area contributed by atoms with Crippen molar-refractivity contribution in [3.63, 3.8) is 0 Å². The number of amides is 1. The van der Waals surface area contributed by atoms with Gasteiger partial charge in [-0.15, -0.1) is 11.3 Å². The van der Waals surface area contributed by atoms with Gasteiger partial charge in [0.15, 0.2) is 6.61 Å². The molecule has 2 unspecified atom stereocenters. The highest BCUT2D eigenvalue weighted by Gasteiger charge is 2.35. The van der Waals surface area contributed by atoms with Crippen molar-refractivity contribution in [3.05, 3.63) is 57.1 Å². The summed E-state index contributed by atoms with van der Waals surface area (Å²) in [7, 11) is 0. The van der Waals surface area contributed by atoms with E-state index in [4.69, 9.17) is 9.72 Å². The van der Waals surface area contributed by atoms with E-state index >= 15 is 0 Å². The first-order valence-electron chi connectivity index (χ1n) is 13.6. The molecule has 0 saturated heterocycles. The number of aromatic nitrogens is 1. The summed E-state index contributed by atoms with van der Waals surface area (Å²) in [5.41, 5.74) is 4.98. The highest BCUT2D eigenvalue weighted by Crippen LogP contribution is 2.42. The van der Waals surface area contributed by atoms with Gasteiger partial charge in [-0.1, -0.05) is 52.3 Å². The first-order chi connectivity index (χ1) is 18.2. The fourth-order valence-electron chi connectivity index (χ4n) is 5.90. The lowest BCUT2D eigenvalue weighted by molar-refractivity contribution is -0.119. The number of carbonyl (C=O) groups is 2. The van der Waals surface area contributed by atoms with E-state index in [0.29, 0.717) is 28.0 Å². The van der Waals surface area contributed by atoms with E-state index in [1.54, 1.807) is 0 Å². The van der Waals surface area contributed by atoms with E-state index in [2.05, 4.69) is 39.1 Å². The van der Waals surface area contributed by atoms with E-state index in [1.165, 1.54) is 16.2 Å². The minimum atomic E-state index is -0.496. The van der Waals surface area contributed by atoms with Crippen LogP contribution in [-0.4, -0.2) is 23.5 Å². The smallest absolute Gasteiger partial charge is 0.339 e. The van der Waals surface area contributed by atoms with Crippen LogP contribution < -0.4 is 5.32 Å². The lowest BCUT2D eigenvalue weighted by Gasteiger charge is -2.37. The number of ether oxygens (including phenoxy) is 1. The Labute approximate surface area is 228 Å². The number of hydrogen-bond donors (Lipinski definition) is 1. The number of anilines is 1. The van der Waals surface area contributed by atoms with Crippen LogP contribution in [0.3, 0.4) is 0 Å². The summed E-state index contributed by atoms with van der Waals surface area (Å²) < 4.78 is 5.62. The fourth-order valence-corrected chi connectivity index (χ4v) is 7.28. The predicted octanol–water partition coefficient (Wildman–Crippen LogP) is 6.63. The molecule has 38 heavy (non-hydrogen) atoms. The Kier molecular flexibility index (Phi) is 7.28. The number of esters is 1. The largest absolute Gasteiger partial charge is 0.452 e. The molecule has 0 spiro atoms. The molecule has 2 aromatic heterocycles. The van der Waals surface area contributed by atoms with Crippen LogP contribution >= 0.6 is 11.3 Å². The summed E-state index contributed by atoms with van der Waals surface area (Å²) in [4.78, 5) is 32.5. The second-order valence-electron chi connectivity index (χ2n) is 11.5. The molecule has 6 nitrogen and oxygen atoms in total. The number of carbonyl (C=O) groups excluding carboxylic acids is 2. The maximum atomic E-state index is 13.6. The van der Waals surface area contributed by atoms with E-state index < -0.39 is 18.5 Å². The molecular formula is C31H35N3O3S. The van der Waals surface area contributed by atoms with Gasteiger partial charge in [0.1, 0.15) is 11.1 Å². The molecule has 2 aliphatic carbocycles. The molecule has 0 saturated carbocycles. The molecule has 198 valence electrons. The van der Waals surface area contributed by atoms with Crippen molar-refractivity contribution in [2.75, 3.05) is 11.9 Å². The molecule has 1 aromatic carbocycles. The van der Waals surface area contributed by atoms with Gasteiger partial charge in [0, 0.05) is 16.0 Å². The third-order valence-electron chi connectivity index (χ3n) is 8.69. The number of nitrogens with zero attached hydrogens (tertiary/aromatic N) is 2. The number of para-hydroxylation sites is 1. The zero-order valence-corrected chi connectivity index (χ0v) is 23.5. The van der Waals surface area contributed by atoms with Crippen LogP contribution in [0, 0.1) is 28.6 Å². The molecule has 2 aliphatic rings. The second-order valence-corrected chi connectivity index (χ2v) is 12.6. The molecule has 7 heteroatoms. The maximum absolute atomic E-state index is 13.6. The lowest BCUT2D eigenvalue weighted by Crippen LogP contribution is -2.31. The van der Waals surface area contributed by atoms with Crippen molar-refractivity contribution in [3.8, 4) is 6.07 Å². The molecule has 1 amide bonds. The summed E-state index contributed by atoms with van der Waals surface area (Å²) in [5, 5.41) is 13.9. The molecule has 1 N–H and O–H groups in total. The van der Waals surface area contributed by atoms with Crippen molar-refractivity contribution in [1.29, 1.82) is 5.26 Å². The number of aryl methyl sites for hydroxylation is 1. The number of nitrogens with one attached hydrogen (secondary N) is 1. The van der Waals surface area contributed by atoms with Crippen molar-refractivity contribution >= 4 is 39.1 Å². The van der Waals surface area contributed by atoms with Crippen molar-refractivity contribution in [2.24, 2.45) is 17.3 Å². The first-order valence-corrected chi connectivity index (χ1v) is 14.5. The fraction of sp³-hybridized carbons (Fsp3) is 0.484. The van der Waals surface area contributed by atoms with E-state index in [-0.39, 0.29) is 5.41 Å². The molecule has 0 fully saturated rings. The Hall–Kier alpha value is -3.24. The molecule has 2 atom stereocenters. The number of hydrogen-bond acceptors (Lipinski definition) is 6. The average Bonchev–Trinajstić information content (AvgIpc) is 3.25. The van der Waals surface area contributed by atoms with Crippen molar-refractivity contribution < 1.29 is 14.3 Å². The SMILES string of the molecule is CCC(C)(C)C1CCc2nc3ccccc3c(C(=O)OCC(=O)Nc3sc4c(c3C#N)CCC(C)C4)c2C1. The van der Waals surface area contributed by atoms with Gasteiger partial charge in [0.2, 0.25) is 0 Å². The third-order valence-corrected chi connectivity index (χ3v) is 9.86. The van der Waals surface area contributed by atoms with Crippen LogP contribution in [0.1, 0.15) is 84.6 Å². The number of rotatable bonds is 6. The van der Waals surface area contributed by atoms with E-state index in [0.717, 1.165) is 72.7 Å². The highest BCUT2D eigenvalue weighted by atomic mass is 32.1. The number of nitriles is 1. The normalized spacial score (nSPS) is 18.8. The van der Waals surface area contributed by atoms with Gasteiger partial charge in [0.05, 0.1) is 16.6 Å². The van der Waals surface area contributed by atoms with Crippen LogP contribution in [0.4, 0.5) is 5.00 Å². The van der Waals surface area contributed by atoms with E-state index in [9.17, 15) is 14.9 Å². The lowest BCUT2D eigenvalue weighted by atomic mass is 9.68. The van der Waals surface area contributed by atoms with Gasteiger partial charge in [-0.25, -0.2) is 4.79 Å². The first kappa shape index (κ1) is 26.4. The third kappa shape index (κ3) is 4.94. The minimum absolute atomic E-state index is 0.153. The Balaban J connectivity index is 1.37. The molecule has 2 heterocycles. The predicted molar refractivity (Wildman–Crippen MR) is 150 cm³/mol. The molecule has 0 aliphatic heterocycles. The van der Waals surface area contributed by atoms with Crippen molar-refractivity contribution in [1.82, 2.24) is 4.98 Å². The maximum Gasteiger partial charge on any atom is 0.339 e. The number of benzene rings is 1. The molecule has 0 bridgehead atoms. The van der Waals surface area contributed by atoms with Gasteiger partial charge in [-0.3, -0.25) is 9.78 Å². The van der Waals surface area contributed by atoms with Crippen LogP contribution in [0.15, 0.2) is 24.3 Å². The second kappa shape index (κ2) is 10.5. The Morgan fingerprint density at radius 3 is 2.74 bits per heavy atom. The topological polar surface area (TPSA) is 92.1 Å². The van der Waals surface area contributed by atoms with Crippen LogP contribution in [0.5, 0.6) is 0 Å². The van der Waals surface area contributed by atoms with Gasteiger partial charge in [0.25, 0.3) is 5.91 Å². The average molecular weight is 530 g/mol. The van der Waals surface area contributed by atoms with Gasteiger partial charge >= 0.3 is 5.97 Å². The zero-order chi connectivity index (χ0) is 27.0. The Bertz CT molecular complexity index is 1450. The zero-order valence-electron chi connectivity index (χ0n) is 22.6. The van der Waals surface area contributed by atoms with Gasteiger partial charge < -0.3 is 10.1 Å². The summed E-state index contributed by atoms with van der Waals surface area (Å²) in [6.07, 6.45) is 6.53. The molecule has 5 rings (SSSR count). The van der Waals surface area contributed by atoms with Crippen LogP contribution in [-0.2, 0) is 35.2 Å². The minimum Gasteiger partial charge on any atom is -0.452 e. The number of pyridine rings is 1. The summed E-state index contributed by atoms with van der Waals surface area (Å²) in [6.45, 7) is 8.59. The molecule has 0 radical (unpaired) electrons. The summed E-state index contributed by atoms with van der Waals surface area (Å²) >= 11 is 1.47. The number of thiophene rings is 1. The highest BCUT2D eigenvalue weighted by molar-refractivity contribution is 7.16. The van der Waals surface area contributed by atoms with Crippen LogP contribution in [0.25, 0.3) is 10.9 Å². The quantitative estimate of drug-likeness (QED) is 0.362. The number of fused-ring (bicyclic) bond motifs is 3. The molecular weight excluding hydrogens is 494 g/mol. The summed E-state index contributed by atoms with van der Waals surface area (Å²) in [6, 6.07) is 9.92. The summed E-state index contributed by atoms with van der Waals surface area (Å²) in [5.74, 6) is 0.0825. The molecule has 3 aromatic rings. The van der Waals surface area contributed by atoms with Crippen molar-refractivity contribution in [2.45, 2.75) is 72.6 Å².